The zero-order valence-corrected chi connectivity index (χ0v) is 9.73. The third kappa shape index (κ3) is 1.76. The molecule has 0 unspecified atom stereocenters. The van der Waals surface area contributed by atoms with Gasteiger partial charge in [0.15, 0.2) is 5.78 Å². The first-order chi connectivity index (χ1) is 8.24. The molecule has 1 aliphatic heterocycles. The van der Waals surface area contributed by atoms with E-state index in [2.05, 4.69) is 4.99 Å². The molecule has 0 saturated heterocycles. The Morgan fingerprint density at radius 2 is 2.12 bits per heavy atom. The predicted octanol–water partition coefficient (Wildman–Crippen LogP) is 2.60. The Morgan fingerprint density at radius 3 is 2.88 bits per heavy atom. The topological polar surface area (TPSA) is 29.4 Å². The van der Waals surface area contributed by atoms with Gasteiger partial charge in [0.05, 0.1) is 6.54 Å². The Balaban J connectivity index is 2.02. The zero-order chi connectivity index (χ0) is 11.8. The molecular formula is C15H13NO. The minimum Gasteiger partial charge on any atom is -0.294 e. The van der Waals surface area contributed by atoms with Gasteiger partial charge in [0, 0.05) is 17.7 Å². The van der Waals surface area contributed by atoms with Crippen LogP contribution in [-0.2, 0) is 11.2 Å². The molecule has 0 amide bonds. The fourth-order valence-electron chi connectivity index (χ4n) is 2.36. The lowest BCUT2D eigenvalue weighted by molar-refractivity contribution is -0.112. The van der Waals surface area contributed by atoms with E-state index in [4.69, 9.17) is 0 Å². The standard InChI is InChI=1S/C15H13NO/c1-10-6-11(9-16-10)7-14-13-5-3-2-4-12(13)8-15(14)17/h2-7H,8-9H2,1H3/b14-7-. The SMILES string of the molecule is CC1=NCC(/C=C2\C(=O)Cc3ccccc32)=C1. The van der Waals surface area contributed by atoms with E-state index in [-0.39, 0.29) is 5.78 Å². The van der Waals surface area contributed by atoms with Gasteiger partial charge in [0.25, 0.3) is 0 Å². The molecule has 2 aliphatic rings. The number of ketones is 1. The van der Waals surface area contributed by atoms with Crippen molar-refractivity contribution in [3.63, 3.8) is 0 Å². The second kappa shape index (κ2) is 3.81. The molecule has 2 heteroatoms. The maximum Gasteiger partial charge on any atom is 0.167 e. The van der Waals surface area contributed by atoms with E-state index in [0.717, 1.165) is 28.0 Å². The number of fused-ring (bicyclic) bond motifs is 1. The van der Waals surface area contributed by atoms with Crippen LogP contribution in [0.3, 0.4) is 0 Å². The number of hydrogen-bond acceptors (Lipinski definition) is 2. The first kappa shape index (κ1) is 10.2. The zero-order valence-electron chi connectivity index (χ0n) is 9.73. The van der Waals surface area contributed by atoms with Gasteiger partial charge in [-0.3, -0.25) is 9.79 Å². The molecule has 0 atom stereocenters. The van der Waals surface area contributed by atoms with Crippen molar-refractivity contribution in [1.82, 2.24) is 0 Å². The summed E-state index contributed by atoms with van der Waals surface area (Å²) < 4.78 is 0. The van der Waals surface area contributed by atoms with Crippen LogP contribution in [0.4, 0.5) is 0 Å². The minimum absolute atomic E-state index is 0.219. The van der Waals surface area contributed by atoms with E-state index in [9.17, 15) is 4.79 Å². The van der Waals surface area contributed by atoms with Gasteiger partial charge in [-0.2, -0.15) is 0 Å². The molecule has 2 nitrogen and oxygen atoms in total. The molecule has 0 radical (unpaired) electrons. The lowest BCUT2D eigenvalue weighted by Gasteiger charge is -1.99. The fraction of sp³-hybridized carbons (Fsp3) is 0.200. The van der Waals surface area contributed by atoms with Gasteiger partial charge in [-0.05, 0) is 35.8 Å². The van der Waals surface area contributed by atoms with Gasteiger partial charge >= 0.3 is 0 Å². The van der Waals surface area contributed by atoms with Crippen LogP contribution in [-0.4, -0.2) is 18.0 Å². The number of hydrogen-bond donors (Lipinski definition) is 0. The van der Waals surface area contributed by atoms with Crippen molar-refractivity contribution in [1.29, 1.82) is 0 Å². The highest BCUT2D eigenvalue weighted by molar-refractivity contribution is 6.26. The number of carbonyl (C=O) groups is 1. The van der Waals surface area contributed by atoms with Crippen molar-refractivity contribution in [2.75, 3.05) is 6.54 Å². The number of Topliss-reactive ketones (excluding diaryl/α,β-unsaturated/α-hetero) is 1. The normalized spacial score (nSPS) is 20.5. The van der Waals surface area contributed by atoms with Crippen molar-refractivity contribution >= 4 is 17.1 Å². The molecule has 84 valence electrons. The van der Waals surface area contributed by atoms with Gasteiger partial charge < -0.3 is 0 Å². The van der Waals surface area contributed by atoms with Gasteiger partial charge in [-0.25, -0.2) is 0 Å². The van der Waals surface area contributed by atoms with Crippen LogP contribution in [0.2, 0.25) is 0 Å². The summed E-state index contributed by atoms with van der Waals surface area (Å²) in [6.45, 7) is 2.68. The predicted molar refractivity (Wildman–Crippen MR) is 69.2 cm³/mol. The Bertz CT molecular complexity index is 591. The van der Waals surface area contributed by atoms with Crippen molar-refractivity contribution in [2.24, 2.45) is 4.99 Å². The summed E-state index contributed by atoms with van der Waals surface area (Å²) in [6.07, 6.45) is 4.57. The summed E-state index contributed by atoms with van der Waals surface area (Å²) >= 11 is 0. The van der Waals surface area contributed by atoms with Crippen LogP contribution in [0.25, 0.3) is 5.57 Å². The quantitative estimate of drug-likeness (QED) is 0.673. The van der Waals surface area contributed by atoms with Gasteiger partial charge in [-0.15, -0.1) is 0 Å². The average molecular weight is 223 g/mol. The second-order valence-electron chi connectivity index (χ2n) is 4.49. The summed E-state index contributed by atoms with van der Waals surface area (Å²) in [5.74, 6) is 0.219. The molecule has 0 aromatic heterocycles. The van der Waals surface area contributed by atoms with Crippen molar-refractivity contribution in [2.45, 2.75) is 13.3 Å². The molecule has 1 aliphatic carbocycles. The maximum absolute atomic E-state index is 12.0. The van der Waals surface area contributed by atoms with Crippen LogP contribution in [0.1, 0.15) is 18.1 Å². The van der Waals surface area contributed by atoms with Crippen LogP contribution >= 0.6 is 0 Å². The minimum atomic E-state index is 0.219. The van der Waals surface area contributed by atoms with Crippen LogP contribution in [0.15, 0.2) is 47.0 Å². The van der Waals surface area contributed by atoms with Crippen molar-refractivity contribution in [3.8, 4) is 0 Å². The molecule has 0 spiro atoms. The van der Waals surface area contributed by atoms with E-state index < -0.39 is 0 Å². The molecule has 0 N–H and O–H groups in total. The molecule has 0 fully saturated rings. The molecule has 3 rings (SSSR count). The molecule has 1 aromatic rings. The lowest BCUT2D eigenvalue weighted by Crippen LogP contribution is -1.95. The summed E-state index contributed by atoms with van der Waals surface area (Å²) in [4.78, 5) is 16.3. The highest BCUT2D eigenvalue weighted by atomic mass is 16.1. The molecular weight excluding hydrogens is 210 g/mol. The van der Waals surface area contributed by atoms with E-state index >= 15 is 0 Å². The van der Waals surface area contributed by atoms with Crippen LogP contribution in [0, 0.1) is 0 Å². The van der Waals surface area contributed by atoms with Crippen LogP contribution < -0.4 is 0 Å². The highest BCUT2D eigenvalue weighted by Gasteiger charge is 2.24. The number of carbonyl (C=O) groups excluding carboxylic acids is 1. The first-order valence-corrected chi connectivity index (χ1v) is 5.79. The Labute approximate surface area is 100 Å². The number of nitrogens with zero attached hydrogens (tertiary/aromatic N) is 1. The smallest absolute Gasteiger partial charge is 0.167 e. The summed E-state index contributed by atoms with van der Waals surface area (Å²) in [5, 5.41) is 0. The summed E-state index contributed by atoms with van der Waals surface area (Å²) in [6, 6.07) is 8.02. The van der Waals surface area contributed by atoms with Gasteiger partial charge in [-0.1, -0.05) is 24.3 Å². The van der Waals surface area contributed by atoms with E-state index in [0.29, 0.717) is 13.0 Å². The van der Waals surface area contributed by atoms with E-state index in [1.165, 1.54) is 0 Å². The van der Waals surface area contributed by atoms with Crippen molar-refractivity contribution in [3.05, 3.63) is 53.1 Å². The van der Waals surface area contributed by atoms with Crippen LogP contribution in [0.5, 0.6) is 0 Å². The highest BCUT2D eigenvalue weighted by Crippen LogP contribution is 2.30. The number of aliphatic imine (C=N–C) groups is 1. The van der Waals surface area contributed by atoms with Gasteiger partial charge in [0.2, 0.25) is 0 Å². The number of rotatable bonds is 1. The largest absolute Gasteiger partial charge is 0.294 e. The van der Waals surface area contributed by atoms with Crippen molar-refractivity contribution < 1.29 is 4.79 Å². The molecule has 0 bridgehead atoms. The monoisotopic (exact) mass is 223 g/mol. The summed E-state index contributed by atoms with van der Waals surface area (Å²) in [5.41, 5.74) is 5.23. The average Bonchev–Trinajstić information content (AvgIpc) is 2.85. The molecule has 1 heterocycles. The lowest BCUT2D eigenvalue weighted by atomic mass is 10.0. The van der Waals surface area contributed by atoms with E-state index in [1.807, 2.05) is 43.3 Å². The molecule has 17 heavy (non-hydrogen) atoms. The number of benzene rings is 1. The Morgan fingerprint density at radius 1 is 1.29 bits per heavy atom. The maximum atomic E-state index is 12.0. The first-order valence-electron chi connectivity index (χ1n) is 5.79. The Hall–Kier alpha value is -1.96. The molecule has 1 aromatic carbocycles. The van der Waals surface area contributed by atoms with E-state index in [1.54, 1.807) is 0 Å². The third-order valence-electron chi connectivity index (χ3n) is 3.19. The third-order valence-corrected chi connectivity index (χ3v) is 3.19. The Kier molecular flexibility index (Phi) is 2.29. The number of allylic oxidation sites excluding steroid dienone is 2. The summed E-state index contributed by atoms with van der Waals surface area (Å²) in [7, 11) is 0. The second-order valence-corrected chi connectivity index (χ2v) is 4.49. The molecule has 0 saturated carbocycles. The fourth-order valence-corrected chi connectivity index (χ4v) is 2.36. The van der Waals surface area contributed by atoms with Gasteiger partial charge in [0.1, 0.15) is 0 Å².